The van der Waals surface area contributed by atoms with Crippen LogP contribution in [0, 0.1) is 6.92 Å². The van der Waals surface area contributed by atoms with Gasteiger partial charge in [-0.1, -0.05) is 26.0 Å². The Hall–Kier alpha value is -2.63. The van der Waals surface area contributed by atoms with E-state index in [1.54, 1.807) is 6.26 Å². The molecule has 2 aromatic carbocycles. The number of amides is 1. The average molecular weight is 435 g/mol. The largest absolute Gasteiger partial charge is 0.464 e. The second-order valence-electron chi connectivity index (χ2n) is 9.37. The van der Waals surface area contributed by atoms with E-state index in [0.717, 1.165) is 61.1 Å². The van der Waals surface area contributed by atoms with Crippen molar-refractivity contribution in [2.24, 2.45) is 0 Å². The highest BCUT2D eigenvalue weighted by Crippen LogP contribution is 2.29. The van der Waals surface area contributed by atoms with Crippen LogP contribution in [0.15, 0.2) is 47.1 Å². The molecule has 0 bridgehead atoms. The van der Waals surface area contributed by atoms with Crippen molar-refractivity contribution in [3.8, 4) is 0 Å². The van der Waals surface area contributed by atoms with E-state index in [1.165, 1.54) is 16.7 Å². The number of aryl methyl sites for hydroxylation is 1. The van der Waals surface area contributed by atoms with E-state index in [4.69, 9.17) is 4.42 Å². The summed E-state index contributed by atoms with van der Waals surface area (Å²) in [6.07, 6.45) is 4.58. The van der Waals surface area contributed by atoms with Crippen molar-refractivity contribution in [3.05, 3.63) is 64.9 Å². The maximum atomic E-state index is 12.7. The van der Waals surface area contributed by atoms with Gasteiger partial charge in [0.1, 0.15) is 5.58 Å². The summed E-state index contributed by atoms with van der Waals surface area (Å²) in [5, 5.41) is 13.7. The topological polar surface area (TPSA) is 65.7 Å². The molecule has 2 heterocycles. The lowest BCUT2D eigenvalue weighted by Crippen LogP contribution is -2.37. The van der Waals surface area contributed by atoms with E-state index in [2.05, 4.69) is 55.3 Å². The first-order valence-corrected chi connectivity index (χ1v) is 11.7. The van der Waals surface area contributed by atoms with Gasteiger partial charge < -0.3 is 19.7 Å². The van der Waals surface area contributed by atoms with Crippen LogP contribution in [-0.2, 0) is 17.6 Å². The van der Waals surface area contributed by atoms with Crippen LogP contribution in [0.5, 0.6) is 0 Å². The van der Waals surface area contributed by atoms with Crippen LogP contribution in [0.2, 0.25) is 0 Å². The summed E-state index contributed by atoms with van der Waals surface area (Å²) in [6, 6.07) is 12.3. The molecule has 1 aliphatic heterocycles. The number of nitrogens with zero attached hydrogens (tertiary/aromatic N) is 1. The van der Waals surface area contributed by atoms with Crippen molar-refractivity contribution in [1.82, 2.24) is 4.90 Å². The van der Waals surface area contributed by atoms with Crippen LogP contribution in [0.3, 0.4) is 0 Å². The molecule has 4 rings (SSSR count). The van der Waals surface area contributed by atoms with Gasteiger partial charge in [-0.05, 0) is 73.1 Å². The normalized spacial score (nSPS) is 15.5. The summed E-state index contributed by atoms with van der Waals surface area (Å²) in [5.74, 6) is 0.384. The number of fused-ring (bicyclic) bond motifs is 1. The van der Waals surface area contributed by atoms with E-state index >= 15 is 0 Å². The Kier molecular flexibility index (Phi) is 6.97. The first-order valence-electron chi connectivity index (χ1n) is 11.7. The Labute approximate surface area is 190 Å². The second kappa shape index (κ2) is 9.88. The summed E-state index contributed by atoms with van der Waals surface area (Å²) in [5.41, 5.74) is 6.33. The Bertz CT molecular complexity index is 1060. The number of carbonyl (C=O) groups is 1. The van der Waals surface area contributed by atoms with Crippen LogP contribution in [-0.4, -0.2) is 41.7 Å². The standard InChI is InChI=1S/C27H34N2O3/c1-18(2)24-16-25-21(17-32-26(25)14-19(24)3)15-27(31)28-22-6-4-20(5-7-22)8-11-29-12-9-23(30)10-13-29/h4-7,14,16-18,23,30H,8-13,15H2,1-3H3,(H,28,31). The number of nitrogens with one attached hydrogen (secondary N) is 1. The molecule has 1 saturated heterocycles. The van der Waals surface area contributed by atoms with Crippen molar-refractivity contribution in [2.75, 3.05) is 25.0 Å². The van der Waals surface area contributed by atoms with Gasteiger partial charge in [0.05, 0.1) is 18.8 Å². The SMILES string of the molecule is Cc1cc2occ(CC(=O)Nc3ccc(CCN4CCC(O)CC4)cc3)c2cc1C(C)C. The van der Waals surface area contributed by atoms with E-state index in [-0.39, 0.29) is 18.4 Å². The predicted octanol–water partition coefficient (Wildman–Crippen LogP) is 5.05. The Morgan fingerprint density at radius 1 is 1.19 bits per heavy atom. The summed E-state index contributed by atoms with van der Waals surface area (Å²) in [6.45, 7) is 9.41. The highest BCUT2D eigenvalue weighted by molar-refractivity contribution is 5.95. The molecule has 5 nitrogen and oxygen atoms in total. The zero-order valence-electron chi connectivity index (χ0n) is 19.4. The Morgan fingerprint density at radius 3 is 2.59 bits per heavy atom. The molecule has 0 spiro atoms. The number of likely N-dealkylation sites (tertiary alicyclic amines) is 1. The van der Waals surface area contributed by atoms with Crippen LogP contribution in [0.1, 0.15) is 54.9 Å². The number of furan rings is 1. The maximum absolute atomic E-state index is 12.7. The Morgan fingerprint density at radius 2 is 1.91 bits per heavy atom. The molecule has 32 heavy (non-hydrogen) atoms. The first kappa shape index (κ1) is 22.6. The van der Waals surface area contributed by atoms with Gasteiger partial charge in [-0.2, -0.15) is 0 Å². The predicted molar refractivity (Wildman–Crippen MR) is 129 cm³/mol. The van der Waals surface area contributed by atoms with Gasteiger partial charge in [-0.3, -0.25) is 4.79 Å². The summed E-state index contributed by atoms with van der Waals surface area (Å²) in [4.78, 5) is 15.1. The quantitative estimate of drug-likeness (QED) is 0.546. The van der Waals surface area contributed by atoms with E-state index < -0.39 is 0 Å². The lowest BCUT2D eigenvalue weighted by atomic mass is 9.95. The van der Waals surface area contributed by atoms with Crippen LogP contribution < -0.4 is 5.32 Å². The molecule has 170 valence electrons. The fourth-order valence-electron chi connectivity index (χ4n) is 4.57. The molecule has 0 radical (unpaired) electrons. The zero-order valence-corrected chi connectivity index (χ0v) is 19.4. The summed E-state index contributed by atoms with van der Waals surface area (Å²) >= 11 is 0. The van der Waals surface area contributed by atoms with Crippen molar-refractivity contribution >= 4 is 22.6 Å². The van der Waals surface area contributed by atoms with Gasteiger partial charge in [0.15, 0.2) is 0 Å². The molecule has 0 unspecified atom stereocenters. The van der Waals surface area contributed by atoms with Gasteiger partial charge in [-0.15, -0.1) is 0 Å². The summed E-state index contributed by atoms with van der Waals surface area (Å²) < 4.78 is 5.72. The summed E-state index contributed by atoms with van der Waals surface area (Å²) in [7, 11) is 0. The van der Waals surface area contributed by atoms with Gasteiger partial charge in [-0.25, -0.2) is 0 Å². The monoisotopic (exact) mass is 434 g/mol. The van der Waals surface area contributed by atoms with Crippen molar-refractivity contribution in [3.63, 3.8) is 0 Å². The third-order valence-electron chi connectivity index (χ3n) is 6.53. The van der Waals surface area contributed by atoms with Gasteiger partial charge in [0.2, 0.25) is 5.91 Å². The van der Waals surface area contributed by atoms with E-state index in [0.29, 0.717) is 5.92 Å². The van der Waals surface area contributed by atoms with Crippen LogP contribution in [0.4, 0.5) is 5.69 Å². The number of benzene rings is 2. The minimum absolute atomic E-state index is 0.0426. The smallest absolute Gasteiger partial charge is 0.228 e. The number of aliphatic hydroxyl groups excluding tert-OH is 1. The molecular formula is C27H34N2O3. The number of aliphatic hydroxyl groups is 1. The molecular weight excluding hydrogens is 400 g/mol. The molecule has 0 aliphatic carbocycles. The Balaban J connectivity index is 1.33. The number of piperidine rings is 1. The number of anilines is 1. The molecule has 0 saturated carbocycles. The van der Waals surface area contributed by atoms with Crippen LogP contribution >= 0.6 is 0 Å². The second-order valence-corrected chi connectivity index (χ2v) is 9.37. The van der Waals surface area contributed by atoms with E-state index in [9.17, 15) is 9.90 Å². The van der Waals surface area contributed by atoms with Crippen LogP contribution in [0.25, 0.3) is 11.0 Å². The molecule has 0 atom stereocenters. The minimum atomic E-state index is -0.129. The highest BCUT2D eigenvalue weighted by atomic mass is 16.3. The third kappa shape index (κ3) is 5.40. The molecule has 5 heteroatoms. The van der Waals surface area contributed by atoms with Crippen molar-refractivity contribution < 1.29 is 14.3 Å². The molecule has 1 aromatic heterocycles. The van der Waals surface area contributed by atoms with Gasteiger partial charge in [0, 0.05) is 36.3 Å². The number of carbonyl (C=O) groups excluding carboxylic acids is 1. The molecule has 1 aliphatic rings. The highest BCUT2D eigenvalue weighted by Gasteiger charge is 2.17. The minimum Gasteiger partial charge on any atom is -0.464 e. The maximum Gasteiger partial charge on any atom is 0.228 e. The van der Waals surface area contributed by atoms with Crippen molar-refractivity contribution in [1.29, 1.82) is 0 Å². The number of hydrogen-bond donors (Lipinski definition) is 2. The molecule has 1 fully saturated rings. The lowest BCUT2D eigenvalue weighted by Gasteiger charge is -2.29. The fourth-order valence-corrected chi connectivity index (χ4v) is 4.57. The molecule has 2 N–H and O–H groups in total. The lowest BCUT2D eigenvalue weighted by molar-refractivity contribution is -0.115. The fraction of sp³-hybridized carbons (Fsp3) is 0.444. The van der Waals surface area contributed by atoms with E-state index in [1.807, 2.05) is 12.1 Å². The van der Waals surface area contributed by atoms with Gasteiger partial charge >= 0.3 is 0 Å². The number of rotatable bonds is 7. The average Bonchev–Trinajstić information content (AvgIpc) is 3.14. The molecule has 3 aromatic rings. The van der Waals surface area contributed by atoms with Crippen molar-refractivity contribution in [2.45, 2.75) is 58.5 Å². The third-order valence-corrected chi connectivity index (χ3v) is 6.53. The first-order chi connectivity index (χ1) is 15.4. The van der Waals surface area contributed by atoms with Gasteiger partial charge in [0.25, 0.3) is 0 Å². The molecule has 1 amide bonds. The zero-order chi connectivity index (χ0) is 22.7. The number of hydrogen-bond acceptors (Lipinski definition) is 4.